The molecule has 142 valence electrons. The van der Waals surface area contributed by atoms with Crippen LogP contribution in [-0.2, 0) is 10.0 Å². The standard InChI is InChI=1S/C18H24N2O4S2/c1-4-18(10-21)9-13-5-6-17(18)20(13)26(22,23)16-8-15(25-12(16)3)14-7-11(2)19-24-14/h7-8,13,17,21H,4-6,9-10H2,1-3H3/t13-,17+,18-/m0/s1. The van der Waals surface area contributed by atoms with Crippen LogP contribution in [0.15, 0.2) is 21.6 Å². The second-order valence-electron chi connectivity index (χ2n) is 7.52. The topological polar surface area (TPSA) is 83.6 Å². The first-order valence-corrected chi connectivity index (χ1v) is 11.3. The van der Waals surface area contributed by atoms with E-state index in [2.05, 4.69) is 5.16 Å². The van der Waals surface area contributed by atoms with Crippen LogP contribution in [-0.4, -0.2) is 41.7 Å². The van der Waals surface area contributed by atoms with Gasteiger partial charge in [-0.05, 0) is 45.6 Å². The zero-order chi connectivity index (χ0) is 18.7. The Bertz CT molecular complexity index is 927. The van der Waals surface area contributed by atoms with Gasteiger partial charge in [-0.2, -0.15) is 4.31 Å². The van der Waals surface area contributed by atoms with Gasteiger partial charge in [-0.3, -0.25) is 0 Å². The van der Waals surface area contributed by atoms with Crippen molar-refractivity contribution in [1.29, 1.82) is 0 Å². The molecule has 1 N–H and O–H groups in total. The van der Waals surface area contributed by atoms with Crippen LogP contribution in [0.1, 0.15) is 43.2 Å². The average molecular weight is 397 g/mol. The van der Waals surface area contributed by atoms with Crippen molar-refractivity contribution in [2.45, 2.75) is 63.4 Å². The number of aromatic nitrogens is 1. The molecule has 2 aromatic heterocycles. The van der Waals surface area contributed by atoms with E-state index >= 15 is 0 Å². The molecule has 26 heavy (non-hydrogen) atoms. The average Bonchev–Trinajstić information content (AvgIpc) is 3.36. The summed E-state index contributed by atoms with van der Waals surface area (Å²) in [5.41, 5.74) is 0.467. The summed E-state index contributed by atoms with van der Waals surface area (Å²) in [6, 6.07) is 3.41. The minimum Gasteiger partial charge on any atom is -0.396 e. The summed E-state index contributed by atoms with van der Waals surface area (Å²) in [5.74, 6) is 0.597. The maximum absolute atomic E-state index is 13.5. The molecule has 2 aliphatic rings. The first-order chi connectivity index (χ1) is 12.3. The molecule has 4 rings (SSSR count). The van der Waals surface area contributed by atoms with Gasteiger partial charge in [0.1, 0.15) is 0 Å². The van der Waals surface area contributed by atoms with Crippen molar-refractivity contribution in [3.8, 4) is 10.6 Å². The second-order valence-corrected chi connectivity index (χ2v) is 10.6. The first-order valence-electron chi connectivity index (χ1n) is 9.01. The Hall–Kier alpha value is -1.22. The summed E-state index contributed by atoms with van der Waals surface area (Å²) < 4.78 is 34.0. The molecule has 0 aliphatic carbocycles. The Labute approximate surface area is 157 Å². The number of aliphatic hydroxyl groups excluding tert-OH is 1. The van der Waals surface area contributed by atoms with E-state index in [0.717, 1.165) is 41.1 Å². The van der Waals surface area contributed by atoms with E-state index in [1.165, 1.54) is 11.3 Å². The smallest absolute Gasteiger partial charge is 0.244 e. The predicted octanol–water partition coefficient (Wildman–Crippen LogP) is 3.33. The quantitative estimate of drug-likeness (QED) is 0.838. The van der Waals surface area contributed by atoms with E-state index in [0.29, 0.717) is 10.7 Å². The highest BCUT2D eigenvalue weighted by atomic mass is 32.2. The highest BCUT2D eigenvalue weighted by molar-refractivity contribution is 7.89. The van der Waals surface area contributed by atoms with Gasteiger partial charge in [-0.1, -0.05) is 12.1 Å². The van der Waals surface area contributed by atoms with Crippen LogP contribution in [0.25, 0.3) is 10.6 Å². The molecule has 0 unspecified atom stereocenters. The van der Waals surface area contributed by atoms with Gasteiger partial charge < -0.3 is 9.63 Å². The largest absolute Gasteiger partial charge is 0.396 e. The molecule has 0 amide bonds. The van der Waals surface area contributed by atoms with Crippen LogP contribution in [0.2, 0.25) is 0 Å². The Morgan fingerprint density at radius 1 is 1.38 bits per heavy atom. The van der Waals surface area contributed by atoms with Crippen LogP contribution in [0.3, 0.4) is 0 Å². The van der Waals surface area contributed by atoms with E-state index in [4.69, 9.17) is 4.52 Å². The Morgan fingerprint density at radius 2 is 2.15 bits per heavy atom. The lowest BCUT2D eigenvalue weighted by molar-refractivity contribution is 0.0849. The minimum atomic E-state index is -3.61. The predicted molar refractivity (Wildman–Crippen MR) is 99.6 cm³/mol. The molecule has 0 spiro atoms. The third-order valence-corrected chi connectivity index (χ3v) is 9.39. The van der Waals surface area contributed by atoms with Gasteiger partial charge in [0, 0.05) is 28.4 Å². The number of hydrogen-bond donors (Lipinski definition) is 1. The van der Waals surface area contributed by atoms with E-state index in [-0.39, 0.29) is 24.1 Å². The SMILES string of the molecule is CC[C@@]1(CO)C[C@@H]2CC[C@H]1N2S(=O)(=O)c1cc(-c2cc(C)no2)sc1C. The minimum absolute atomic E-state index is 0.00706. The lowest BCUT2D eigenvalue weighted by Gasteiger charge is -2.34. The Kier molecular flexibility index (Phi) is 4.30. The number of aryl methyl sites for hydroxylation is 2. The fourth-order valence-corrected chi connectivity index (χ4v) is 8.17. The normalized spacial score (nSPS) is 28.9. The summed E-state index contributed by atoms with van der Waals surface area (Å²) in [6.45, 7) is 5.76. The fraction of sp³-hybridized carbons (Fsp3) is 0.611. The van der Waals surface area contributed by atoms with Gasteiger partial charge in [-0.15, -0.1) is 11.3 Å². The molecule has 2 fully saturated rings. The van der Waals surface area contributed by atoms with Gasteiger partial charge in [0.25, 0.3) is 0 Å². The Morgan fingerprint density at radius 3 is 2.73 bits per heavy atom. The van der Waals surface area contributed by atoms with Crippen LogP contribution in [0, 0.1) is 19.3 Å². The summed E-state index contributed by atoms with van der Waals surface area (Å²) >= 11 is 1.41. The maximum Gasteiger partial charge on any atom is 0.244 e. The molecule has 2 saturated heterocycles. The van der Waals surface area contributed by atoms with Crippen LogP contribution in [0.5, 0.6) is 0 Å². The number of fused-ring (bicyclic) bond motifs is 2. The lowest BCUT2D eigenvalue weighted by Crippen LogP contribution is -2.42. The summed E-state index contributed by atoms with van der Waals surface area (Å²) in [6.07, 6.45) is 3.25. The third-order valence-electron chi connectivity index (χ3n) is 6.11. The van der Waals surface area contributed by atoms with Gasteiger partial charge in [0.2, 0.25) is 10.0 Å². The summed E-state index contributed by atoms with van der Waals surface area (Å²) in [7, 11) is -3.61. The highest BCUT2D eigenvalue weighted by Gasteiger charge is 2.59. The zero-order valence-electron chi connectivity index (χ0n) is 15.2. The van der Waals surface area contributed by atoms with Crippen molar-refractivity contribution in [2.75, 3.05) is 6.61 Å². The molecule has 2 bridgehead atoms. The number of sulfonamides is 1. The van der Waals surface area contributed by atoms with Crippen molar-refractivity contribution in [1.82, 2.24) is 9.46 Å². The van der Waals surface area contributed by atoms with E-state index in [1.807, 2.05) is 26.8 Å². The van der Waals surface area contributed by atoms with E-state index in [9.17, 15) is 13.5 Å². The van der Waals surface area contributed by atoms with Crippen LogP contribution < -0.4 is 0 Å². The molecule has 6 nitrogen and oxygen atoms in total. The zero-order valence-corrected chi connectivity index (χ0v) is 16.9. The van der Waals surface area contributed by atoms with Gasteiger partial charge in [0.05, 0.1) is 22.1 Å². The van der Waals surface area contributed by atoms with Crippen molar-refractivity contribution in [3.05, 3.63) is 22.7 Å². The van der Waals surface area contributed by atoms with Gasteiger partial charge in [-0.25, -0.2) is 8.42 Å². The summed E-state index contributed by atoms with van der Waals surface area (Å²) in [4.78, 5) is 1.89. The van der Waals surface area contributed by atoms with Crippen LogP contribution in [0.4, 0.5) is 0 Å². The number of nitrogens with zero attached hydrogens (tertiary/aromatic N) is 2. The molecule has 2 aromatic rings. The number of hydrogen-bond acceptors (Lipinski definition) is 6. The number of rotatable bonds is 5. The van der Waals surface area contributed by atoms with E-state index in [1.54, 1.807) is 10.4 Å². The van der Waals surface area contributed by atoms with Gasteiger partial charge in [0.15, 0.2) is 5.76 Å². The monoisotopic (exact) mass is 396 g/mol. The maximum atomic E-state index is 13.5. The molecule has 0 saturated carbocycles. The molecule has 0 aromatic carbocycles. The van der Waals surface area contributed by atoms with Gasteiger partial charge >= 0.3 is 0 Å². The molecular weight excluding hydrogens is 372 g/mol. The Balaban J connectivity index is 1.73. The molecular formula is C18H24N2O4S2. The van der Waals surface area contributed by atoms with Crippen molar-refractivity contribution in [3.63, 3.8) is 0 Å². The van der Waals surface area contributed by atoms with Crippen molar-refractivity contribution >= 4 is 21.4 Å². The summed E-state index contributed by atoms with van der Waals surface area (Å²) in [5, 5.41) is 13.9. The number of thiophene rings is 1. The molecule has 3 atom stereocenters. The lowest BCUT2D eigenvalue weighted by atomic mass is 9.72. The third kappa shape index (κ3) is 2.50. The fourth-order valence-electron chi connectivity index (χ4n) is 4.69. The first kappa shape index (κ1) is 18.2. The van der Waals surface area contributed by atoms with Crippen molar-refractivity contribution < 1.29 is 18.0 Å². The number of aliphatic hydroxyl groups is 1. The van der Waals surface area contributed by atoms with Crippen molar-refractivity contribution in [2.24, 2.45) is 5.41 Å². The van der Waals surface area contributed by atoms with E-state index < -0.39 is 10.0 Å². The second kappa shape index (κ2) is 6.15. The molecule has 8 heteroatoms. The highest BCUT2D eigenvalue weighted by Crippen LogP contribution is 2.54. The molecule has 2 aliphatic heterocycles. The molecule has 0 radical (unpaired) electrons. The van der Waals surface area contributed by atoms with Crippen LogP contribution >= 0.6 is 11.3 Å². The molecule has 4 heterocycles.